The van der Waals surface area contributed by atoms with Crippen LogP contribution in [-0.4, -0.2) is 37.1 Å². The van der Waals surface area contributed by atoms with E-state index in [4.69, 9.17) is 4.74 Å². The maximum atomic E-state index is 5.94. The van der Waals surface area contributed by atoms with Gasteiger partial charge in [-0.1, -0.05) is 35.4 Å². The molecule has 0 aliphatic rings. The predicted octanol–water partition coefficient (Wildman–Crippen LogP) is 4.51. The first-order chi connectivity index (χ1) is 11.4. The van der Waals surface area contributed by atoms with Crippen LogP contribution in [-0.2, 0) is 0 Å². The van der Waals surface area contributed by atoms with Crippen molar-refractivity contribution < 1.29 is 4.74 Å². The fraction of sp³-hybridized carbons (Fsp3) is 0.381. The molecule has 0 radical (unpaired) electrons. The van der Waals surface area contributed by atoms with Gasteiger partial charge in [-0.05, 0) is 65.1 Å². The highest BCUT2D eigenvalue weighted by molar-refractivity contribution is 5.71. The lowest BCUT2D eigenvalue weighted by molar-refractivity contribution is 0.280. The van der Waals surface area contributed by atoms with E-state index in [0.717, 1.165) is 30.1 Å². The van der Waals surface area contributed by atoms with Crippen molar-refractivity contribution in [2.75, 3.05) is 27.2 Å². The summed E-state index contributed by atoms with van der Waals surface area (Å²) < 4.78 is 5.94. The third kappa shape index (κ3) is 5.82. The van der Waals surface area contributed by atoms with E-state index in [2.05, 4.69) is 62.1 Å². The molecule has 1 aromatic heterocycles. The molecule has 0 aliphatic carbocycles. The van der Waals surface area contributed by atoms with E-state index < -0.39 is 0 Å². The van der Waals surface area contributed by atoms with E-state index >= 15 is 0 Å². The molecule has 0 atom stereocenters. The van der Waals surface area contributed by atoms with Gasteiger partial charge in [0.15, 0.2) is 0 Å². The Kier molecular flexibility index (Phi) is 6.56. The molecule has 24 heavy (non-hydrogen) atoms. The molecule has 128 valence electrons. The van der Waals surface area contributed by atoms with E-state index in [1.165, 1.54) is 16.7 Å². The average Bonchev–Trinajstić information content (AvgIpc) is 2.50. The number of aromatic nitrogens is 1. The Labute approximate surface area is 146 Å². The lowest BCUT2D eigenvalue weighted by Crippen LogP contribution is -2.15. The summed E-state index contributed by atoms with van der Waals surface area (Å²) in [4.78, 5) is 6.79. The molecular weight excluding hydrogens is 296 g/mol. The van der Waals surface area contributed by atoms with E-state index in [0.29, 0.717) is 6.61 Å². The van der Waals surface area contributed by atoms with Gasteiger partial charge in [-0.3, -0.25) is 0 Å². The van der Waals surface area contributed by atoms with Crippen LogP contribution in [0.5, 0.6) is 5.75 Å². The molecule has 3 nitrogen and oxygen atoms in total. The Morgan fingerprint density at radius 3 is 2.38 bits per heavy atom. The summed E-state index contributed by atoms with van der Waals surface area (Å²) in [7, 11) is 4.15. The molecular formula is C21H28N2O. The monoisotopic (exact) mass is 324 g/mol. The normalized spacial score (nSPS) is 11.4. The van der Waals surface area contributed by atoms with Gasteiger partial charge >= 0.3 is 0 Å². The molecule has 0 bridgehead atoms. The molecule has 0 amide bonds. The van der Waals surface area contributed by atoms with Gasteiger partial charge in [-0.2, -0.15) is 0 Å². The van der Waals surface area contributed by atoms with Gasteiger partial charge in [0, 0.05) is 12.2 Å². The van der Waals surface area contributed by atoms with Gasteiger partial charge in [-0.15, -0.1) is 0 Å². The van der Waals surface area contributed by atoms with Crippen LogP contribution in [0.15, 0.2) is 30.3 Å². The standard InChI is InChI=1S/C21H28N2O/c1-16-13-17(2)15-19(14-16)8-9-20-21(10-7-18(3)22-20)24-12-6-11-23(4)5/h7-10,13-15H,6,11-12H2,1-5H3/b9-8+. The summed E-state index contributed by atoms with van der Waals surface area (Å²) in [5, 5.41) is 0. The number of pyridine rings is 1. The number of ether oxygens (including phenoxy) is 1. The summed E-state index contributed by atoms with van der Waals surface area (Å²) >= 11 is 0. The molecule has 3 heteroatoms. The quantitative estimate of drug-likeness (QED) is 0.701. The number of rotatable bonds is 7. The van der Waals surface area contributed by atoms with Crippen molar-refractivity contribution in [1.82, 2.24) is 9.88 Å². The zero-order valence-corrected chi connectivity index (χ0v) is 15.5. The van der Waals surface area contributed by atoms with Crippen molar-refractivity contribution in [3.63, 3.8) is 0 Å². The van der Waals surface area contributed by atoms with Gasteiger partial charge in [0.2, 0.25) is 0 Å². The fourth-order valence-electron chi connectivity index (χ4n) is 2.65. The topological polar surface area (TPSA) is 25.4 Å². The van der Waals surface area contributed by atoms with Crippen LogP contribution in [0, 0.1) is 20.8 Å². The summed E-state index contributed by atoms with van der Waals surface area (Å²) in [6.45, 7) is 7.97. The van der Waals surface area contributed by atoms with Crippen molar-refractivity contribution in [3.8, 4) is 5.75 Å². The lowest BCUT2D eigenvalue weighted by atomic mass is 10.1. The zero-order valence-electron chi connectivity index (χ0n) is 15.5. The molecule has 0 saturated carbocycles. The second-order valence-corrected chi connectivity index (χ2v) is 6.60. The highest BCUT2D eigenvalue weighted by atomic mass is 16.5. The summed E-state index contributed by atoms with van der Waals surface area (Å²) in [6.07, 6.45) is 5.15. The molecule has 0 unspecified atom stereocenters. The number of benzene rings is 1. The molecule has 2 rings (SSSR count). The number of hydrogen-bond acceptors (Lipinski definition) is 3. The lowest BCUT2D eigenvalue weighted by Gasteiger charge is -2.12. The molecule has 2 aromatic rings. The van der Waals surface area contributed by atoms with Gasteiger partial charge in [0.05, 0.1) is 6.61 Å². The van der Waals surface area contributed by atoms with Gasteiger partial charge in [-0.25, -0.2) is 4.98 Å². The van der Waals surface area contributed by atoms with E-state index in [-0.39, 0.29) is 0 Å². The highest BCUT2D eigenvalue weighted by Crippen LogP contribution is 2.20. The Morgan fingerprint density at radius 2 is 1.71 bits per heavy atom. The van der Waals surface area contributed by atoms with Crippen LogP contribution in [0.2, 0.25) is 0 Å². The maximum Gasteiger partial charge on any atom is 0.144 e. The summed E-state index contributed by atoms with van der Waals surface area (Å²) in [5.74, 6) is 0.847. The minimum atomic E-state index is 0.702. The largest absolute Gasteiger partial charge is 0.491 e. The fourth-order valence-corrected chi connectivity index (χ4v) is 2.65. The highest BCUT2D eigenvalue weighted by Gasteiger charge is 2.04. The first-order valence-corrected chi connectivity index (χ1v) is 8.45. The average molecular weight is 324 g/mol. The van der Waals surface area contributed by atoms with Crippen LogP contribution in [0.3, 0.4) is 0 Å². The van der Waals surface area contributed by atoms with Crippen LogP contribution >= 0.6 is 0 Å². The van der Waals surface area contributed by atoms with E-state index in [1.807, 2.05) is 25.1 Å². The first-order valence-electron chi connectivity index (χ1n) is 8.45. The molecule has 0 fully saturated rings. The first kappa shape index (κ1) is 18.2. The Hall–Kier alpha value is -2.13. The number of aryl methyl sites for hydroxylation is 3. The SMILES string of the molecule is Cc1cc(C)cc(/C=C/c2nc(C)ccc2OCCCN(C)C)c1. The van der Waals surface area contributed by atoms with Crippen molar-refractivity contribution in [3.05, 3.63) is 58.4 Å². The van der Waals surface area contributed by atoms with Crippen LogP contribution in [0.1, 0.15) is 34.5 Å². The predicted molar refractivity (Wildman–Crippen MR) is 102 cm³/mol. The van der Waals surface area contributed by atoms with Gasteiger partial charge in [0.1, 0.15) is 11.4 Å². The smallest absolute Gasteiger partial charge is 0.144 e. The number of nitrogens with zero attached hydrogens (tertiary/aromatic N) is 2. The van der Waals surface area contributed by atoms with Gasteiger partial charge in [0.25, 0.3) is 0 Å². The third-order valence-electron chi connectivity index (χ3n) is 3.71. The van der Waals surface area contributed by atoms with Gasteiger partial charge < -0.3 is 9.64 Å². The Bertz CT molecular complexity index is 685. The minimum Gasteiger partial charge on any atom is -0.491 e. The zero-order chi connectivity index (χ0) is 17.5. The summed E-state index contributed by atoms with van der Waals surface area (Å²) in [5.41, 5.74) is 5.61. The second kappa shape index (κ2) is 8.65. The van der Waals surface area contributed by atoms with Crippen molar-refractivity contribution in [2.45, 2.75) is 27.2 Å². The second-order valence-electron chi connectivity index (χ2n) is 6.60. The molecule has 1 aromatic carbocycles. The Balaban J connectivity index is 2.13. The number of hydrogen-bond donors (Lipinski definition) is 0. The van der Waals surface area contributed by atoms with Crippen LogP contribution < -0.4 is 4.74 Å². The minimum absolute atomic E-state index is 0.702. The van der Waals surface area contributed by atoms with Crippen LogP contribution in [0.25, 0.3) is 12.2 Å². The molecule has 0 N–H and O–H groups in total. The third-order valence-corrected chi connectivity index (χ3v) is 3.71. The van der Waals surface area contributed by atoms with Crippen LogP contribution in [0.4, 0.5) is 0 Å². The molecule has 0 aliphatic heterocycles. The van der Waals surface area contributed by atoms with Crippen molar-refractivity contribution >= 4 is 12.2 Å². The van der Waals surface area contributed by atoms with Crippen molar-refractivity contribution in [2.24, 2.45) is 0 Å². The molecule has 1 heterocycles. The van der Waals surface area contributed by atoms with E-state index in [9.17, 15) is 0 Å². The summed E-state index contributed by atoms with van der Waals surface area (Å²) in [6, 6.07) is 10.5. The Morgan fingerprint density at radius 1 is 1.00 bits per heavy atom. The van der Waals surface area contributed by atoms with Crippen molar-refractivity contribution in [1.29, 1.82) is 0 Å². The molecule has 0 spiro atoms. The molecule has 0 saturated heterocycles. The van der Waals surface area contributed by atoms with E-state index in [1.54, 1.807) is 0 Å². The maximum absolute atomic E-state index is 5.94.